The molecule has 0 bridgehead atoms. The van der Waals surface area contributed by atoms with E-state index in [9.17, 15) is 9.18 Å². The average molecular weight is 266 g/mol. The number of amides is 1. The van der Waals surface area contributed by atoms with Crippen molar-refractivity contribution >= 4 is 23.3 Å². The van der Waals surface area contributed by atoms with Gasteiger partial charge in [-0.3, -0.25) is 4.79 Å². The van der Waals surface area contributed by atoms with Gasteiger partial charge in [0.15, 0.2) is 11.0 Å². The first-order valence-corrected chi connectivity index (χ1v) is 5.51. The average Bonchev–Trinajstić information content (AvgIpc) is 2.35. The van der Waals surface area contributed by atoms with Crippen molar-refractivity contribution in [3.8, 4) is 0 Å². The summed E-state index contributed by atoms with van der Waals surface area (Å²) in [6.45, 7) is 1.59. The van der Waals surface area contributed by atoms with E-state index in [1.807, 2.05) is 0 Å². The van der Waals surface area contributed by atoms with Crippen LogP contribution in [0.2, 0.25) is 5.15 Å². The Bertz CT molecular complexity index is 586. The lowest BCUT2D eigenvalue weighted by atomic mass is 10.1. The fourth-order valence-electron chi connectivity index (χ4n) is 1.36. The first-order chi connectivity index (χ1) is 8.56. The lowest BCUT2D eigenvalue weighted by molar-refractivity contribution is 0.102. The van der Waals surface area contributed by atoms with Crippen LogP contribution in [0.15, 0.2) is 30.3 Å². The topological polar surface area (TPSA) is 54.9 Å². The minimum absolute atomic E-state index is 0.241. The molecule has 0 aliphatic heterocycles. The van der Waals surface area contributed by atoms with E-state index in [0.29, 0.717) is 11.1 Å². The van der Waals surface area contributed by atoms with Gasteiger partial charge in [0.25, 0.3) is 5.91 Å². The lowest BCUT2D eigenvalue weighted by Crippen LogP contribution is -2.13. The monoisotopic (exact) mass is 265 g/mol. The SMILES string of the molecule is Cc1cc(C(=O)Nc2ccc(Cl)nn2)ccc1F. The molecule has 0 spiro atoms. The van der Waals surface area contributed by atoms with Gasteiger partial charge in [0, 0.05) is 5.56 Å². The Kier molecular flexibility index (Phi) is 3.53. The van der Waals surface area contributed by atoms with Gasteiger partial charge in [-0.1, -0.05) is 11.6 Å². The van der Waals surface area contributed by atoms with E-state index in [4.69, 9.17) is 11.6 Å². The van der Waals surface area contributed by atoms with Gasteiger partial charge in [-0.2, -0.15) is 0 Å². The highest BCUT2D eigenvalue weighted by molar-refractivity contribution is 6.29. The summed E-state index contributed by atoms with van der Waals surface area (Å²) in [5.74, 6) is -0.445. The largest absolute Gasteiger partial charge is 0.305 e. The number of carbonyl (C=O) groups excluding carboxylic acids is 1. The summed E-state index contributed by atoms with van der Waals surface area (Å²) >= 11 is 5.58. The highest BCUT2D eigenvalue weighted by Crippen LogP contribution is 2.12. The van der Waals surface area contributed by atoms with Gasteiger partial charge >= 0.3 is 0 Å². The van der Waals surface area contributed by atoms with Crippen LogP contribution in [0.3, 0.4) is 0 Å². The minimum Gasteiger partial charge on any atom is -0.305 e. The van der Waals surface area contributed by atoms with Crippen molar-refractivity contribution in [3.63, 3.8) is 0 Å². The molecule has 0 saturated heterocycles. The van der Waals surface area contributed by atoms with Crippen molar-refractivity contribution in [2.75, 3.05) is 5.32 Å². The van der Waals surface area contributed by atoms with E-state index in [1.54, 1.807) is 6.92 Å². The highest BCUT2D eigenvalue weighted by atomic mass is 35.5. The standard InChI is InChI=1S/C12H9ClFN3O/c1-7-6-8(2-3-9(7)14)12(18)15-11-5-4-10(13)16-17-11/h2-6H,1H3,(H,15,17,18). The van der Waals surface area contributed by atoms with Gasteiger partial charge in [-0.25, -0.2) is 4.39 Å². The first kappa shape index (κ1) is 12.4. The molecular weight excluding hydrogens is 257 g/mol. The van der Waals surface area contributed by atoms with Crippen molar-refractivity contribution in [2.45, 2.75) is 6.92 Å². The van der Waals surface area contributed by atoms with Crippen LogP contribution in [-0.4, -0.2) is 16.1 Å². The Labute approximate surface area is 108 Å². The Hall–Kier alpha value is -2.01. The molecule has 18 heavy (non-hydrogen) atoms. The molecule has 0 atom stereocenters. The van der Waals surface area contributed by atoms with Crippen LogP contribution < -0.4 is 5.32 Å². The number of nitrogens with one attached hydrogen (secondary N) is 1. The summed E-state index contributed by atoms with van der Waals surface area (Å²) in [7, 11) is 0. The third kappa shape index (κ3) is 2.81. The number of nitrogens with zero attached hydrogens (tertiary/aromatic N) is 2. The molecule has 0 unspecified atom stereocenters. The summed E-state index contributed by atoms with van der Waals surface area (Å²) in [6.07, 6.45) is 0. The molecule has 2 rings (SSSR count). The molecule has 0 saturated carbocycles. The van der Waals surface area contributed by atoms with E-state index in [1.165, 1.54) is 30.3 Å². The minimum atomic E-state index is -0.380. The molecular formula is C12H9ClFN3O. The number of rotatable bonds is 2. The van der Waals surface area contributed by atoms with E-state index >= 15 is 0 Å². The van der Waals surface area contributed by atoms with E-state index in [0.717, 1.165) is 0 Å². The van der Waals surface area contributed by atoms with Crippen LogP contribution in [0.25, 0.3) is 0 Å². The zero-order valence-electron chi connectivity index (χ0n) is 9.45. The third-order valence-electron chi connectivity index (χ3n) is 2.29. The van der Waals surface area contributed by atoms with Crippen LogP contribution in [0.4, 0.5) is 10.2 Å². The molecule has 0 aliphatic carbocycles. The smallest absolute Gasteiger partial charge is 0.256 e. The second-order valence-corrected chi connectivity index (χ2v) is 4.05. The van der Waals surface area contributed by atoms with Crippen LogP contribution in [0, 0.1) is 12.7 Å². The summed E-state index contributed by atoms with van der Waals surface area (Å²) in [5, 5.41) is 10.1. The normalized spacial score (nSPS) is 10.2. The number of anilines is 1. The van der Waals surface area contributed by atoms with Gasteiger partial charge in [-0.05, 0) is 42.8 Å². The van der Waals surface area contributed by atoms with Crippen molar-refractivity contribution in [3.05, 3.63) is 52.4 Å². The number of carbonyl (C=O) groups is 1. The van der Waals surface area contributed by atoms with Gasteiger partial charge < -0.3 is 5.32 Å². The molecule has 2 aromatic rings. The zero-order valence-corrected chi connectivity index (χ0v) is 10.2. The quantitative estimate of drug-likeness (QED) is 0.908. The number of aryl methyl sites for hydroxylation is 1. The van der Waals surface area contributed by atoms with Crippen LogP contribution in [0.5, 0.6) is 0 Å². The van der Waals surface area contributed by atoms with Gasteiger partial charge in [-0.15, -0.1) is 10.2 Å². The molecule has 4 nitrogen and oxygen atoms in total. The second kappa shape index (κ2) is 5.10. The highest BCUT2D eigenvalue weighted by Gasteiger charge is 2.09. The molecule has 1 aromatic heterocycles. The molecule has 0 radical (unpaired) electrons. The Morgan fingerprint density at radius 1 is 1.28 bits per heavy atom. The maximum Gasteiger partial charge on any atom is 0.256 e. The number of aromatic nitrogens is 2. The summed E-state index contributed by atoms with van der Waals surface area (Å²) in [6, 6.07) is 7.16. The van der Waals surface area contributed by atoms with Gasteiger partial charge in [0.2, 0.25) is 0 Å². The van der Waals surface area contributed by atoms with Crippen molar-refractivity contribution in [1.82, 2.24) is 10.2 Å². The Morgan fingerprint density at radius 2 is 2.06 bits per heavy atom. The molecule has 1 amide bonds. The third-order valence-corrected chi connectivity index (χ3v) is 2.50. The van der Waals surface area contributed by atoms with Crippen molar-refractivity contribution in [2.24, 2.45) is 0 Å². The van der Waals surface area contributed by atoms with Crippen molar-refractivity contribution in [1.29, 1.82) is 0 Å². The Balaban J connectivity index is 2.16. The zero-order chi connectivity index (χ0) is 13.1. The van der Waals surface area contributed by atoms with Crippen LogP contribution in [-0.2, 0) is 0 Å². The molecule has 92 valence electrons. The Morgan fingerprint density at radius 3 is 2.67 bits per heavy atom. The summed E-state index contributed by atoms with van der Waals surface area (Å²) in [4.78, 5) is 11.8. The molecule has 6 heteroatoms. The van der Waals surface area contributed by atoms with Crippen LogP contribution >= 0.6 is 11.6 Å². The number of hydrogen-bond donors (Lipinski definition) is 1. The maximum atomic E-state index is 13.1. The van der Waals surface area contributed by atoms with E-state index in [2.05, 4.69) is 15.5 Å². The molecule has 0 aliphatic rings. The predicted octanol–water partition coefficient (Wildman–Crippen LogP) is 2.83. The molecule has 1 aromatic carbocycles. The number of hydrogen-bond acceptors (Lipinski definition) is 3. The van der Waals surface area contributed by atoms with E-state index in [-0.39, 0.29) is 22.7 Å². The first-order valence-electron chi connectivity index (χ1n) is 5.13. The van der Waals surface area contributed by atoms with Crippen molar-refractivity contribution < 1.29 is 9.18 Å². The fraction of sp³-hybridized carbons (Fsp3) is 0.0833. The maximum absolute atomic E-state index is 13.1. The van der Waals surface area contributed by atoms with Gasteiger partial charge in [0.05, 0.1) is 0 Å². The predicted molar refractivity (Wildman–Crippen MR) is 66.1 cm³/mol. The second-order valence-electron chi connectivity index (χ2n) is 3.66. The van der Waals surface area contributed by atoms with E-state index < -0.39 is 0 Å². The number of halogens is 2. The fourth-order valence-corrected chi connectivity index (χ4v) is 1.46. The molecule has 1 heterocycles. The number of benzene rings is 1. The van der Waals surface area contributed by atoms with Crippen LogP contribution in [0.1, 0.15) is 15.9 Å². The lowest BCUT2D eigenvalue weighted by Gasteiger charge is -2.05. The van der Waals surface area contributed by atoms with Gasteiger partial charge in [0.1, 0.15) is 5.82 Å². The molecule has 1 N–H and O–H groups in total. The summed E-state index contributed by atoms with van der Waals surface area (Å²) < 4.78 is 13.1. The summed E-state index contributed by atoms with van der Waals surface area (Å²) in [5.41, 5.74) is 0.760. The molecule has 0 fully saturated rings.